The molecule has 3 aliphatic heterocycles. The van der Waals surface area contributed by atoms with Gasteiger partial charge < -0.3 is 20.1 Å². The van der Waals surface area contributed by atoms with Crippen LogP contribution in [0.1, 0.15) is 37.7 Å². The monoisotopic (exact) mass is 624 g/mol. The van der Waals surface area contributed by atoms with Crippen LogP contribution in [0, 0.1) is 23.0 Å². The second-order valence-corrected chi connectivity index (χ2v) is 12.8. The SMILES string of the molecule is N#Cc1c(N)sc2c(F)ccc(-c3c(Cl)cc4c(OC5CCN(C=O)C5)nc(OCC56CCCN5CCC6)nc4c3F)c12. The van der Waals surface area contributed by atoms with Crippen molar-refractivity contribution in [2.45, 2.75) is 43.7 Å². The van der Waals surface area contributed by atoms with Gasteiger partial charge in [0.1, 0.15) is 35.1 Å². The van der Waals surface area contributed by atoms with E-state index in [-0.39, 0.29) is 71.2 Å². The number of nitrogens with two attached hydrogens (primary N) is 1. The van der Waals surface area contributed by atoms with E-state index in [4.69, 9.17) is 26.8 Å². The standard InChI is InChI=1S/C30H27ClF2N6O3S/c31-20-11-18-25(24(33)23(20)17-3-4-21(32)26-22(17)19(12-34)27(35)43-26)36-29(37-28(18)42-16-5-10-38(13-16)15-40)41-14-30-6-1-8-39(30)9-2-7-30/h3-4,11,15-16H,1-2,5-10,13-14,35H2. The maximum Gasteiger partial charge on any atom is 0.320 e. The first-order valence-electron chi connectivity index (χ1n) is 14.2. The third kappa shape index (κ3) is 4.61. The molecular formula is C30H27ClF2N6O3S. The number of hydrogen-bond acceptors (Lipinski definition) is 9. The number of hydrogen-bond donors (Lipinski definition) is 1. The highest BCUT2D eigenvalue weighted by molar-refractivity contribution is 7.23. The molecule has 0 spiro atoms. The molecule has 2 aromatic heterocycles. The summed E-state index contributed by atoms with van der Waals surface area (Å²) in [4.78, 5) is 24.4. The zero-order valence-electron chi connectivity index (χ0n) is 23.0. The van der Waals surface area contributed by atoms with Crippen molar-refractivity contribution in [3.05, 3.63) is 40.4 Å². The van der Waals surface area contributed by atoms with Gasteiger partial charge in [0, 0.05) is 23.9 Å². The number of aromatic nitrogens is 2. The summed E-state index contributed by atoms with van der Waals surface area (Å²) in [6.45, 7) is 3.29. The number of halogens is 3. The van der Waals surface area contributed by atoms with Gasteiger partial charge in [0.15, 0.2) is 5.82 Å². The Labute approximate surface area is 254 Å². The van der Waals surface area contributed by atoms with E-state index >= 15 is 4.39 Å². The fraction of sp³-hybridized carbons (Fsp3) is 0.400. The molecular weight excluding hydrogens is 598 g/mol. The average Bonchev–Trinajstić information content (AvgIpc) is 3.77. The van der Waals surface area contributed by atoms with Crippen LogP contribution in [0.4, 0.5) is 13.8 Å². The Kier molecular flexibility index (Phi) is 6.99. The fourth-order valence-corrected chi connectivity index (χ4v) is 8.07. The third-order valence-electron chi connectivity index (χ3n) is 8.91. The van der Waals surface area contributed by atoms with Crippen molar-refractivity contribution in [2.24, 2.45) is 0 Å². The van der Waals surface area contributed by atoms with Crippen molar-refractivity contribution < 1.29 is 23.0 Å². The molecule has 13 heteroatoms. The van der Waals surface area contributed by atoms with Crippen LogP contribution in [0.5, 0.6) is 11.9 Å². The highest BCUT2D eigenvalue weighted by Gasteiger charge is 2.45. The number of nitrogen functional groups attached to an aromatic ring is 1. The molecule has 5 heterocycles. The summed E-state index contributed by atoms with van der Waals surface area (Å²) in [6, 6.07) is 6.07. The Morgan fingerprint density at radius 3 is 2.74 bits per heavy atom. The van der Waals surface area contributed by atoms with Crippen LogP contribution in [0.3, 0.4) is 0 Å². The molecule has 3 saturated heterocycles. The molecule has 0 bridgehead atoms. The lowest BCUT2D eigenvalue weighted by molar-refractivity contribution is -0.117. The fourth-order valence-electron chi connectivity index (χ4n) is 6.82. The van der Waals surface area contributed by atoms with E-state index in [1.54, 1.807) is 4.90 Å². The lowest BCUT2D eigenvalue weighted by atomic mass is 9.95. The largest absolute Gasteiger partial charge is 0.472 e. The van der Waals surface area contributed by atoms with E-state index in [1.807, 2.05) is 6.07 Å². The molecule has 3 fully saturated rings. The number of nitrogens with zero attached hydrogens (tertiary/aromatic N) is 5. The van der Waals surface area contributed by atoms with Crippen LogP contribution in [-0.4, -0.2) is 70.6 Å². The van der Waals surface area contributed by atoms with Crippen molar-refractivity contribution in [3.8, 4) is 29.1 Å². The molecule has 3 aliphatic rings. The molecule has 222 valence electrons. The first-order chi connectivity index (χ1) is 20.8. The predicted octanol–water partition coefficient (Wildman–Crippen LogP) is 5.51. The normalized spacial score (nSPS) is 19.7. The van der Waals surface area contributed by atoms with Crippen LogP contribution in [0.25, 0.3) is 32.1 Å². The summed E-state index contributed by atoms with van der Waals surface area (Å²) in [7, 11) is 0. The van der Waals surface area contributed by atoms with Crippen LogP contribution in [0.2, 0.25) is 5.02 Å². The summed E-state index contributed by atoms with van der Waals surface area (Å²) in [6.07, 6.45) is 5.18. The lowest BCUT2D eigenvalue weighted by Crippen LogP contribution is -2.43. The molecule has 0 radical (unpaired) electrons. The zero-order chi connectivity index (χ0) is 29.9. The number of benzene rings is 2. The van der Waals surface area contributed by atoms with Gasteiger partial charge in [-0.15, -0.1) is 11.3 Å². The van der Waals surface area contributed by atoms with E-state index in [9.17, 15) is 14.4 Å². The van der Waals surface area contributed by atoms with Crippen molar-refractivity contribution in [1.29, 1.82) is 5.26 Å². The summed E-state index contributed by atoms with van der Waals surface area (Å²) >= 11 is 7.64. The van der Waals surface area contributed by atoms with Gasteiger partial charge in [-0.05, 0) is 56.5 Å². The number of anilines is 1. The molecule has 1 atom stereocenters. The molecule has 2 aromatic carbocycles. The van der Waals surface area contributed by atoms with E-state index in [0.717, 1.165) is 56.5 Å². The zero-order valence-corrected chi connectivity index (χ0v) is 24.6. The number of carbonyl (C=O) groups is 1. The van der Waals surface area contributed by atoms with E-state index in [2.05, 4.69) is 14.9 Å². The lowest BCUT2D eigenvalue weighted by Gasteiger charge is -2.31. The number of nitriles is 1. The second kappa shape index (κ2) is 10.7. The average molecular weight is 625 g/mol. The van der Waals surface area contributed by atoms with Gasteiger partial charge in [-0.3, -0.25) is 9.69 Å². The Hall–Kier alpha value is -3.79. The van der Waals surface area contributed by atoms with Crippen molar-refractivity contribution in [1.82, 2.24) is 19.8 Å². The van der Waals surface area contributed by atoms with Gasteiger partial charge in [-0.2, -0.15) is 15.2 Å². The van der Waals surface area contributed by atoms with Crippen LogP contribution >= 0.6 is 22.9 Å². The van der Waals surface area contributed by atoms with Crippen LogP contribution in [0.15, 0.2) is 18.2 Å². The molecule has 43 heavy (non-hydrogen) atoms. The Morgan fingerprint density at radius 1 is 1.23 bits per heavy atom. The first kappa shape index (κ1) is 28.0. The number of carbonyl (C=O) groups excluding carboxylic acids is 1. The quantitative estimate of drug-likeness (QED) is 0.267. The summed E-state index contributed by atoms with van der Waals surface area (Å²) in [5.74, 6) is -1.26. The molecule has 4 aromatic rings. The summed E-state index contributed by atoms with van der Waals surface area (Å²) < 4.78 is 44.0. The van der Waals surface area contributed by atoms with E-state index in [1.165, 1.54) is 18.2 Å². The molecule has 1 amide bonds. The third-order valence-corrected chi connectivity index (χ3v) is 10.2. The highest BCUT2D eigenvalue weighted by atomic mass is 35.5. The van der Waals surface area contributed by atoms with Gasteiger partial charge in [-0.25, -0.2) is 8.78 Å². The maximum atomic E-state index is 16.7. The number of thiophene rings is 1. The van der Waals surface area contributed by atoms with Gasteiger partial charge in [0.25, 0.3) is 0 Å². The number of rotatable bonds is 7. The Morgan fingerprint density at radius 2 is 2.02 bits per heavy atom. The summed E-state index contributed by atoms with van der Waals surface area (Å²) in [5.41, 5.74) is 6.07. The first-order valence-corrected chi connectivity index (χ1v) is 15.4. The number of fused-ring (bicyclic) bond motifs is 3. The molecule has 1 unspecified atom stereocenters. The Balaban J connectivity index is 1.37. The smallest absolute Gasteiger partial charge is 0.320 e. The maximum absolute atomic E-state index is 16.7. The highest BCUT2D eigenvalue weighted by Crippen LogP contribution is 2.46. The van der Waals surface area contributed by atoms with Gasteiger partial charge in [0.05, 0.1) is 32.8 Å². The van der Waals surface area contributed by atoms with Gasteiger partial charge in [-0.1, -0.05) is 17.7 Å². The number of likely N-dealkylation sites (tertiary alicyclic amines) is 1. The van der Waals surface area contributed by atoms with Crippen molar-refractivity contribution >= 4 is 55.3 Å². The van der Waals surface area contributed by atoms with Gasteiger partial charge >= 0.3 is 6.01 Å². The Bertz CT molecular complexity index is 1820. The minimum atomic E-state index is -0.788. The predicted molar refractivity (Wildman–Crippen MR) is 159 cm³/mol. The minimum absolute atomic E-state index is 0.000990. The summed E-state index contributed by atoms with van der Waals surface area (Å²) in [5, 5.41) is 10.3. The van der Waals surface area contributed by atoms with E-state index in [0.29, 0.717) is 26.1 Å². The number of amides is 1. The molecule has 0 saturated carbocycles. The second-order valence-electron chi connectivity index (χ2n) is 11.3. The minimum Gasteiger partial charge on any atom is -0.472 e. The molecule has 7 rings (SSSR count). The topological polar surface area (TPSA) is 118 Å². The number of ether oxygens (including phenoxy) is 2. The molecule has 9 nitrogen and oxygen atoms in total. The molecule has 2 N–H and O–H groups in total. The molecule has 0 aliphatic carbocycles. The van der Waals surface area contributed by atoms with Gasteiger partial charge in [0.2, 0.25) is 12.3 Å². The van der Waals surface area contributed by atoms with Crippen molar-refractivity contribution in [2.75, 3.05) is 38.5 Å². The van der Waals surface area contributed by atoms with Crippen molar-refractivity contribution in [3.63, 3.8) is 0 Å². The van der Waals surface area contributed by atoms with E-state index < -0.39 is 11.6 Å². The van der Waals surface area contributed by atoms with Crippen LogP contribution in [-0.2, 0) is 4.79 Å². The van der Waals surface area contributed by atoms with Crippen LogP contribution < -0.4 is 15.2 Å².